The maximum Gasteiger partial charge on any atom is 0.0390 e. The van der Waals surface area contributed by atoms with E-state index in [9.17, 15) is 0 Å². The standard InChI is InChI=1S/C9H11N.C2H6/c1-3-8-7(2)5-4-6-9(8)10;1-2/h3-6H,1,10H2,2H3;1-2H3. The molecule has 2 N–H and O–H groups in total. The first-order chi connectivity index (χ1) is 5.75. The molecule has 0 aliphatic carbocycles. The SMILES string of the molecule is C=Cc1c(C)cccc1N.CC. The molecule has 0 heterocycles. The minimum absolute atomic E-state index is 0.801. The summed E-state index contributed by atoms with van der Waals surface area (Å²) < 4.78 is 0. The molecule has 0 saturated carbocycles. The van der Waals surface area contributed by atoms with Crippen LogP contribution < -0.4 is 5.73 Å². The van der Waals surface area contributed by atoms with Crippen molar-refractivity contribution in [2.45, 2.75) is 20.8 Å². The Morgan fingerprint density at radius 3 is 2.25 bits per heavy atom. The second-order valence-corrected chi connectivity index (χ2v) is 2.28. The summed E-state index contributed by atoms with van der Waals surface area (Å²) in [5, 5.41) is 0. The molecule has 1 aromatic rings. The van der Waals surface area contributed by atoms with Gasteiger partial charge < -0.3 is 5.73 Å². The normalized spacial score (nSPS) is 8.25. The number of benzene rings is 1. The summed E-state index contributed by atoms with van der Waals surface area (Å²) in [7, 11) is 0. The second kappa shape index (κ2) is 5.42. The highest BCUT2D eigenvalue weighted by molar-refractivity contribution is 5.66. The van der Waals surface area contributed by atoms with Gasteiger partial charge in [0.1, 0.15) is 0 Å². The summed E-state index contributed by atoms with van der Waals surface area (Å²) in [5.74, 6) is 0. The van der Waals surface area contributed by atoms with Crippen LogP contribution >= 0.6 is 0 Å². The summed E-state index contributed by atoms with van der Waals surface area (Å²) >= 11 is 0. The third-order valence-electron chi connectivity index (χ3n) is 1.56. The van der Waals surface area contributed by atoms with Gasteiger partial charge in [0, 0.05) is 5.69 Å². The van der Waals surface area contributed by atoms with E-state index in [1.165, 1.54) is 5.56 Å². The molecule has 0 aliphatic heterocycles. The van der Waals surface area contributed by atoms with Gasteiger partial charge in [0.05, 0.1) is 0 Å². The molecule has 1 heteroatoms. The number of nitrogens with two attached hydrogens (primary N) is 1. The number of nitrogen functional groups attached to an aromatic ring is 1. The maximum absolute atomic E-state index is 5.66. The van der Waals surface area contributed by atoms with Gasteiger partial charge >= 0.3 is 0 Å². The first-order valence-electron chi connectivity index (χ1n) is 4.23. The number of rotatable bonds is 1. The molecule has 0 fully saturated rings. The topological polar surface area (TPSA) is 26.0 Å². The molecule has 12 heavy (non-hydrogen) atoms. The summed E-state index contributed by atoms with van der Waals surface area (Å²) in [6.07, 6.45) is 1.78. The van der Waals surface area contributed by atoms with E-state index in [4.69, 9.17) is 5.73 Å². The van der Waals surface area contributed by atoms with Gasteiger partial charge in [-0.1, -0.05) is 38.6 Å². The van der Waals surface area contributed by atoms with Crippen LogP contribution in [0.1, 0.15) is 25.0 Å². The molecular formula is C11H17N. The Balaban J connectivity index is 0.000000561. The Kier molecular flexibility index (Phi) is 4.86. The summed E-state index contributed by atoms with van der Waals surface area (Å²) in [5.41, 5.74) is 8.68. The molecule has 0 saturated heterocycles. The molecule has 66 valence electrons. The van der Waals surface area contributed by atoms with Crippen LogP contribution in [0.3, 0.4) is 0 Å². The van der Waals surface area contributed by atoms with Crippen LogP contribution in [0.4, 0.5) is 5.69 Å². The fourth-order valence-corrected chi connectivity index (χ4v) is 0.982. The molecule has 0 radical (unpaired) electrons. The predicted octanol–water partition coefficient (Wildman–Crippen LogP) is 3.25. The van der Waals surface area contributed by atoms with Crippen LogP contribution in [0, 0.1) is 6.92 Å². The van der Waals surface area contributed by atoms with Crippen LogP contribution in [0.2, 0.25) is 0 Å². The number of aryl methyl sites for hydroxylation is 1. The highest BCUT2D eigenvalue weighted by Crippen LogP contribution is 2.16. The number of hydrogen-bond acceptors (Lipinski definition) is 1. The lowest BCUT2D eigenvalue weighted by Crippen LogP contribution is -1.90. The highest BCUT2D eigenvalue weighted by Gasteiger charge is 1.95. The molecule has 0 unspecified atom stereocenters. The monoisotopic (exact) mass is 163 g/mol. The van der Waals surface area contributed by atoms with Gasteiger partial charge in [-0.15, -0.1) is 0 Å². The molecule has 0 amide bonds. The van der Waals surface area contributed by atoms with Gasteiger partial charge in [-0.25, -0.2) is 0 Å². The first-order valence-corrected chi connectivity index (χ1v) is 4.23. The molecule has 1 rings (SSSR count). The van der Waals surface area contributed by atoms with Crippen molar-refractivity contribution in [3.63, 3.8) is 0 Å². The lowest BCUT2D eigenvalue weighted by molar-refractivity contribution is 1.45. The van der Waals surface area contributed by atoms with E-state index in [1.54, 1.807) is 6.08 Å². The molecule has 0 bridgehead atoms. The first kappa shape index (κ1) is 10.8. The molecule has 0 aliphatic rings. The lowest BCUT2D eigenvalue weighted by Gasteiger charge is -2.02. The zero-order valence-corrected chi connectivity index (χ0v) is 8.09. The van der Waals surface area contributed by atoms with Gasteiger partial charge in [-0.05, 0) is 24.1 Å². The van der Waals surface area contributed by atoms with E-state index in [1.807, 2.05) is 39.0 Å². The average molecular weight is 163 g/mol. The molecular weight excluding hydrogens is 146 g/mol. The lowest BCUT2D eigenvalue weighted by atomic mass is 10.1. The smallest absolute Gasteiger partial charge is 0.0390 e. The Morgan fingerprint density at radius 2 is 1.92 bits per heavy atom. The Morgan fingerprint density at radius 1 is 1.33 bits per heavy atom. The van der Waals surface area contributed by atoms with E-state index in [0.29, 0.717) is 0 Å². The van der Waals surface area contributed by atoms with Crippen molar-refractivity contribution in [1.82, 2.24) is 0 Å². The molecule has 0 aromatic heterocycles. The van der Waals surface area contributed by atoms with Crippen molar-refractivity contribution in [1.29, 1.82) is 0 Å². The maximum atomic E-state index is 5.66. The zero-order valence-electron chi connectivity index (χ0n) is 8.09. The van der Waals surface area contributed by atoms with Crippen LogP contribution in [-0.2, 0) is 0 Å². The van der Waals surface area contributed by atoms with E-state index in [-0.39, 0.29) is 0 Å². The van der Waals surface area contributed by atoms with E-state index < -0.39 is 0 Å². The quantitative estimate of drug-likeness (QED) is 0.632. The van der Waals surface area contributed by atoms with Crippen LogP contribution in [0.15, 0.2) is 24.8 Å². The van der Waals surface area contributed by atoms with E-state index in [0.717, 1.165) is 11.3 Å². The molecule has 0 spiro atoms. The van der Waals surface area contributed by atoms with Gasteiger partial charge in [0.25, 0.3) is 0 Å². The Labute approximate surface area is 74.9 Å². The van der Waals surface area contributed by atoms with Gasteiger partial charge in [-0.2, -0.15) is 0 Å². The third kappa shape index (κ3) is 2.42. The van der Waals surface area contributed by atoms with E-state index >= 15 is 0 Å². The molecule has 1 aromatic carbocycles. The number of anilines is 1. The molecule has 1 nitrogen and oxygen atoms in total. The average Bonchev–Trinajstić information content (AvgIpc) is 2.08. The van der Waals surface area contributed by atoms with Crippen molar-refractivity contribution in [2.24, 2.45) is 0 Å². The largest absolute Gasteiger partial charge is 0.398 e. The van der Waals surface area contributed by atoms with Gasteiger partial charge in [0.2, 0.25) is 0 Å². The zero-order chi connectivity index (χ0) is 9.56. The third-order valence-corrected chi connectivity index (χ3v) is 1.56. The van der Waals surface area contributed by atoms with Gasteiger partial charge in [0.15, 0.2) is 0 Å². The van der Waals surface area contributed by atoms with Crippen molar-refractivity contribution in [3.8, 4) is 0 Å². The fourth-order valence-electron chi connectivity index (χ4n) is 0.982. The van der Waals surface area contributed by atoms with Crippen LogP contribution in [0.5, 0.6) is 0 Å². The minimum atomic E-state index is 0.801. The summed E-state index contributed by atoms with van der Waals surface area (Å²) in [4.78, 5) is 0. The predicted molar refractivity (Wildman–Crippen MR) is 57.0 cm³/mol. The summed E-state index contributed by atoms with van der Waals surface area (Å²) in [6, 6.07) is 5.84. The minimum Gasteiger partial charge on any atom is -0.398 e. The van der Waals surface area contributed by atoms with Gasteiger partial charge in [-0.3, -0.25) is 0 Å². The van der Waals surface area contributed by atoms with Crippen LogP contribution in [0.25, 0.3) is 6.08 Å². The van der Waals surface area contributed by atoms with Crippen molar-refractivity contribution in [2.75, 3.05) is 5.73 Å². The summed E-state index contributed by atoms with van der Waals surface area (Å²) in [6.45, 7) is 9.69. The fraction of sp³-hybridized carbons (Fsp3) is 0.273. The molecule has 0 atom stereocenters. The Hall–Kier alpha value is -1.24. The van der Waals surface area contributed by atoms with Crippen LogP contribution in [-0.4, -0.2) is 0 Å². The van der Waals surface area contributed by atoms with Crippen molar-refractivity contribution >= 4 is 11.8 Å². The number of hydrogen-bond donors (Lipinski definition) is 1. The Bertz CT molecular complexity index is 231. The highest BCUT2D eigenvalue weighted by atomic mass is 14.6. The van der Waals surface area contributed by atoms with Crippen molar-refractivity contribution < 1.29 is 0 Å². The second-order valence-electron chi connectivity index (χ2n) is 2.28. The van der Waals surface area contributed by atoms with Crippen molar-refractivity contribution in [3.05, 3.63) is 35.9 Å². The van der Waals surface area contributed by atoms with E-state index in [2.05, 4.69) is 6.58 Å².